The highest BCUT2D eigenvalue weighted by molar-refractivity contribution is 7.80. The summed E-state index contributed by atoms with van der Waals surface area (Å²) in [5.41, 5.74) is 0. The second kappa shape index (κ2) is 5.17. The van der Waals surface area contributed by atoms with Gasteiger partial charge in [-0.25, -0.2) is 0 Å². The first-order chi connectivity index (χ1) is 6.24. The summed E-state index contributed by atoms with van der Waals surface area (Å²) in [4.78, 5) is 0. The van der Waals surface area contributed by atoms with Crippen LogP contribution in [0.1, 0.15) is 26.3 Å². The van der Waals surface area contributed by atoms with E-state index in [1.807, 2.05) is 10.9 Å². The highest BCUT2D eigenvalue weighted by Crippen LogP contribution is 2.12. The highest BCUT2D eigenvalue weighted by atomic mass is 32.1. The van der Waals surface area contributed by atoms with Gasteiger partial charge in [0.25, 0.3) is 0 Å². The first-order valence-electron chi connectivity index (χ1n) is 4.52. The van der Waals surface area contributed by atoms with Gasteiger partial charge in [-0.3, -0.25) is 4.68 Å². The Morgan fingerprint density at radius 3 is 2.92 bits per heavy atom. The number of ether oxygens (including phenoxy) is 1. The van der Waals surface area contributed by atoms with Gasteiger partial charge in [0.05, 0.1) is 19.0 Å². The lowest BCUT2D eigenvalue weighted by Crippen LogP contribution is -2.00. The molecule has 4 heteroatoms. The highest BCUT2D eigenvalue weighted by Gasteiger charge is 2.01. The molecule has 0 fully saturated rings. The number of aromatic nitrogens is 2. The van der Waals surface area contributed by atoms with Crippen LogP contribution in [0.4, 0.5) is 0 Å². The van der Waals surface area contributed by atoms with Gasteiger partial charge >= 0.3 is 0 Å². The minimum atomic E-state index is 0.391. The van der Waals surface area contributed by atoms with E-state index in [0.29, 0.717) is 12.6 Å². The molecule has 13 heavy (non-hydrogen) atoms. The molecular formula is C9H16N2OS. The average molecular weight is 200 g/mol. The molecule has 0 N–H and O–H groups in total. The smallest absolute Gasteiger partial charge is 0.157 e. The zero-order valence-corrected chi connectivity index (χ0v) is 9.00. The molecule has 1 rings (SSSR count). The van der Waals surface area contributed by atoms with Crippen LogP contribution in [-0.4, -0.2) is 22.1 Å². The van der Waals surface area contributed by atoms with Gasteiger partial charge in [0.2, 0.25) is 0 Å². The summed E-state index contributed by atoms with van der Waals surface area (Å²) in [5, 5.41) is 4.17. The van der Waals surface area contributed by atoms with Gasteiger partial charge in [-0.1, -0.05) is 0 Å². The maximum absolute atomic E-state index is 5.44. The standard InChI is InChI=1S/C9H16N2OS/c1-8(2)11-7-9(6-10-11)12-4-3-5-13/h6-8,13H,3-5H2,1-2H3. The van der Waals surface area contributed by atoms with Crippen molar-refractivity contribution in [3.63, 3.8) is 0 Å². The summed E-state index contributed by atoms with van der Waals surface area (Å²) >= 11 is 4.10. The van der Waals surface area contributed by atoms with Gasteiger partial charge < -0.3 is 4.74 Å². The van der Waals surface area contributed by atoms with Crippen LogP contribution in [0.5, 0.6) is 5.75 Å². The Balaban J connectivity index is 2.40. The molecule has 1 aromatic rings. The summed E-state index contributed by atoms with van der Waals surface area (Å²) < 4.78 is 7.33. The van der Waals surface area contributed by atoms with E-state index in [-0.39, 0.29) is 0 Å². The van der Waals surface area contributed by atoms with Gasteiger partial charge in [0.15, 0.2) is 5.75 Å². The molecule has 0 saturated heterocycles. The maximum atomic E-state index is 5.44. The number of rotatable bonds is 5. The molecule has 74 valence electrons. The fourth-order valence-electron chi connectivity index (χ4n) is 0.932. The van der Waals surface area contributed by atoms with Crippen LogP contribution < -0.4 is 4.74 Å². The van der Waals surface area contributed by atoms with Crippen LogP contribution in [0.15, 0.2) is 12.4 Å². The Morgan fingerprint density at radius 1 is 1.62 bits per heavy atom. The van der Waals surface area contributed by atoms with Crippen molar-refractivity contribution in [2.75, 3.05) is 12.4 Å². The topological polar surface area (TPSA) is 27.1 Å². The van der Waals surface area contributed by atoms with Gasteiger partial charge in [0, 0.05) is 6.04 Å². The summed E-state index contributed by atoms with van der Waals surface area (Å²) in [6.07, 6.45) is 4.64. The predicted molar refractivity (Wildman–Crippen MR) is 56.6 cm³/mol. The second-order valence-corrected chi connectivity index (χ2v) is 3.62. The zero-order valence-electron chi connectivity index (χ0n) is 8.10. The Morgan fingerprint density at radius 2 is 2.38 bits per heavy atom. The van der Waals surface area contributed by atoms with E-state index in [2.05, 4.69) is 31.6 Å². The Bertz CT molecular complexity index is 248. The number of nitrogens with zero attached hydrogens (tertiary/aromatic N) is 2. The molecule has 0 atom stereocenters. The molecule has 3 nitrogen and oxygen atoms in total. The van der Waals surface area contributed by atoms with Crippen molar-refractivity contribution in [2.24, 2.45) is 0 Å². The van der Waals surface area contributed by atoms with Gasteiger partial charge in [-0.2, -0.15) is 17.7 Å². The lowest BCUT2D eigenvalue weighted by molar-refractivity contribution is 0.318. The van der Waals surface area contributed by atoms with Crippen molar-refractivity contribution >= 4 is 12.6 Å². The van der Waals surface area contributed by atoms with Crippen molar-refractivity contribution in [3.05, 3.63) is 12.4 Å². The van der Waals surface area contributed by atoms with Gasteiger partial charge in [0.1, 0.15) is 0 Å². The average Bonchev–Trinajstić information content (AvgIpc) is 2.53. The van der Waals surface area contributed by atoms with E-state index in [1.54, 1.807) is 6.20 Å². The molecular weight excluding hydrogens is 184 g/mol. The fourth-order valence-corrected chi connectivity index (χ4v) is 1.06. The van der Waals surface area contributed by atoms with E-state index >= 15 is 0 Å². The molecule has 0 radical (unpaired) electrons. The number of hydrogen-bond acceptors (Lipinski definition) is 3. The fraction of sp³-hybridized carbons (Fsp3) is 0.667. The minimum absolute atomic E-state index is 0.391. The number of thiol groups is 1. The lowest BCUT2D eigenvalue weighted by Gasteiger charge is -2.03. The third-order valence-corrected chi connectivity index (χ3v) is 1.99. The summed E-state index contributed by atoms with van der Waals surface area (Å²) in [5.74, 6) is 1.70. The zero-order chi connectivity index (χ0) is 9.68. The summed E-state index contributed by atoms with van der Waals surface area (Å²) in [6.45, 7) is 4.89. The van der Waals surface area contributed by atoms with Crippen molar-refractivity contribution in [1.82, 2.24) is 9.78 Å². The Hall–Kier alpha value is -0.640. The molecule has 0 aliphatic rings. The Kier molecular flexibility index (Phi) is 4.15. The van der Waals surface area contributed by atoms with Crippen LogP contribution in [-0.2, 0) is 0 Å². The molecule has 0 aromatic carbocycles. The first kappa shape index (κ1) is 10.4. The van der Waals surface area contributed by atoms with Crippen molar-refractivity contribution in [1.29, 1.82) is 0 Å². The molecule has 1 heterocycles. The molecule has 0 unspecified atom stereocenters. The maximum Gasteiger partial charge on any atom is 0.157 e. The third-order valence-electron chi connectivity index (χ3n) is 1.68. The van der Waals surface area contributed by atoms with Crippen LogP contribution in [0.25, 0.3) is 0 Å². The summed E-state index contributed by atoms with van der Waals surface area (Å²) in [7, 11) is 0. The largest absolute Gasteiger partial charge is 0.490 e. The summed E-state index contributed by atoms with van der Waals surface area (Å²) in [6, 6.07) is 0.391. The van der Waals surface area contributed by atoms with Crippen molar-refractivity contribution in [2.45, 2.75) is 26.3 Å². The first-order valence-corrected chi connectivity index (χ1v) is 5.15. The van der Waals surface area contributed by atoms with E-state index < -0.39 is 0 Å². The quantitative estimate of drug-likeness (QED) is 0.582. The van der Waals surface area contributed by atoms with E-state index in [0.717, 1.165) is 17.9 Å². The van der Waals surface area contributed by atoms with Crippen LogP contribution in [0, 0.1) is 0 Å². The lowest BCUT2D eigenvalue weighted by atomic mass is 10.4. The third kappa shape index (κ3) is 3.30. The van der Waals surface area contributed by atoms with E-state index in [4.69, 9.17) is 4.74 Å². The molecule has 0 bridgehead atoms. The molecule has 0 spiro atoms. The van der Waals surface area contributed by atoms with Crippen LogP contribution in [0.2, 0.25) is 0 Å². The monoisotopic (exact) mass is 200 g/mol. The van der Waals surface area contributed by atoms with E-state index in [1.165, 1.54) is 0 Å². The second-order valence-electron chi connectivity index (χ2n) is 3.18. The van der Waals surface area contributed by atoms with Gasteiger partial charge in [-0.05, 0) is 26.0 Å². The molecule has 0 aliphatic carbocycles. The number of hydrogen-bond donors (Lipinski definition) is 1. The normalized spacial score (nSPS) is 10.8. The SMILES string of the molecule is CC(C)n1cc(OCCCS)cn1. The molecule has 0 amide bonds. The molecule has 0 aliphatic heterocycles. The molecule has 0 saturated carbocycles. The minimum Gasteiger partial charge on any atom is -0.490 e. The predicted octanol–water partition coefficient (Wildman–Crippen LogP) is 2.16. The molecule has 1 aromatic heterocycles. The van der Waals surface area contributed by atoms with E-state index in [9.17, 15) is 0 Å². The van der Waals surface area contributed by atoms with Crippen molar-refractivity contribution in [3.8, 4) is 5.75 Å². The van der Waals surface area contributed by atoms with Crippen LogP contribution >= 0.6 is 12.6 Å². The Labute approximate surface area is 84.5 Å². The van der Waals surface area contributed by atoms with Crippen LogP contribution in [0.3, 0.4) is 0 Å². The van der Waals surface area contributed by atoms with Crippen molar-refractivity contribution < 1.29 is 4.74 Å². The van der Waals surface area contributed by atoms with Gasteiger partial charge in [-0.15, -0.1) is 0 Å².